The molecule has 1 atom stereocenters. The van der Waals surface area contributed by atoms with Crippen LogP contribution < -0.4 is 5.76 Å². The van der Waals surface area contributed by atoms with Crippen molar-refractivity contribution in [2.45, 2.75) is 25.8 Å². The lowest BCUT2D eigenvalue weighted by Crippen LogP contribution is -2.29. The normalized spacial score (nSPS) is 16.7. The Kier molecular flexibility index (Phi) is 6.70. The number of hydrogen-bond donors (Lipinski definition) is 1. The lowest BCUT2D eigenvalue weighted by molar-refractivity contribution is 0.258. The molecular formula is C28H34N4O2. The highest BCUT2D eigenvalue weighted by Gasteiger charge is 2.23. The minimum absolute atomic E-state index is 0.311. The van der Waals surface area contributed by atoms with Gasteiger partial charge >= 0.3 is 5.76 Å². The van der Waals surface area contributed by atoms with Gasteiger partial charge in [-0.15, -0.1) is 0 Å². The molecule has 0 bridgehead atoms. The van der Waals surface area contributed by atoms with Crippen molar-refractivity contribution in [1.82, 2.24) is 19.4 Å². The molecule has 1 saturated heterocycles. The van der Waals surface area contributed by atoms with Gasteiger partial charge in [0.1, 0.15) is 6.26 Å². The third-order valence-corrected chi connectivity index (χ3v) is 7.15. The second-order valence-corrected chi connectivity index (χ2v) is 9.81. The molecular weight excluding hydrogens is 424 g/mol. The Morgan fingerprint density at radius 2 is 2.00 bits per heavy atom. The zero-order chi connectivity index (χ0) is 23.5. The van der Waals surface area contributed by atoms with E-state index in [4.69, 9.17) is 4.42 Å². The van der Waals surface area contributed by atoms with E-state index in [1.54, 1.807) is 17.9 Å². The number of hydrogen-bond acceptors (Lipinski definition) is 4. The molecule has 178 valence electrons. The molecule has 1 aliphatic rings. The van der Waals surface area contributed by atoms with Crippen LogP contribution in [0.5, 0.6) is 0 Å². The maximum atomic E-state index is 11.6. The average molecular weight is 459 g/mol. The van der Waals surface area contributed by atoms with Crippen molar-refractivity contribution < 1.29 is 4.42 Å². The van der Waals surface area contributed by atoms with Crippen LogP contribution in [0.2, 0.25) is 0 Å². The fourth-order valence-corrected chi connectivity index (χ4v) is 5.25. The fourth-order valence-electron chi connectivity index (χ4n) is 5.25. The average Bonchev–Trinajstić information content (AvgIpc) is 3.54. The Labute approximate surface area is 200 Å². The molecule has 4 aromatic rings. The number of aromatic nitrogens is 2. The molecule has 2 aromatic heterocycles. The van der Waals surface area contributed by atoms with E-state index >= 15 is 0 Å². The molecule has 34 heavy (non-hydrogen) atoms. The van der Waals surface area contributed by atoms with E-state index in [2.05, 4.69) is 76.6 Å². The first kappa shape index (κ1) is 22.7. The number of H-pyrrole nitrogens is 1. The number of benzene rings is 2. The van der Waals surface area contributed by atoms with Gasteiger partial charge in [-0.2, -0.15) is 0 Å². The Bertz CT molecular complexity index is 1290. The van der Waals surface area contributed by atoms with Crippen LogP contribution in [0.25, 0.3) is 10.9 Å². The van der Waals surface area contributed by atoms with Gasteiger partial charge in [-0.05, 0) is 61.2 Å². The standard InChI is InChI=1S/C28H34N4O2/c1-30(17-21-6-4-3-5-7-21)18-23-10-12-32(19-23)13-11-24-16-29-27-9-8-22(15-26(24)27)14-25-20-34-28(33)31(25)2/h3-9,15-16,20,23,29H,10-14,17-19H2,1-2H3. The van der Waals surface area contributed by atoms with Crippen LogP contribution >= 0.6 is 0 Å². The summed E-state index contributed by atoms with van der Waals surface area (Å²) in [6, 6.07) is 17.3. The summed E-state index contributed by atoms with van der Waals surface area (Å²) in [4.78, 5) is 20.1. The zero-order valence-corrected chi connectivity index (χ0v) is 20.2. The van der Waals surface area contributed by atoms with Gasteiger partial charge in [0.25, 0.3) is 0 Å². The molecule has 1 N–H and O–H groups in total. The van der Waals surface area contributed by atoms with E-state index in [0.717, 1.165) is 37.7 Å². The van der Waals surface area contributed by atoms with Crippen LogP contribution in [-0.4, -0.2) is 52.6 Å². The van der Waals surface area contributed by atoms with E-state index in [-0.39, 0.29) is 5.76 Å². The predicted molar refractivity (Wildman–Crippen MR) is 136 cm³/mol. The van der Waals surface area contributed by atoms with Gasteiger partial charge in [-0.25, -0.2) is 4.79 Å². The number of likely N-dealkylation sites (tertiary alicyclic amines) is 1. The maximum absolute atomic E-state index is 11.6. The van der Waals surface area contributed by atoms with Crippen LogP contribution in [0.15, 0.2) is 70.2 Å². The topological polar surface area (TPSA) is 57.4 Å². The maximum Gasteiger partial charge on any atom is 0.418 e. The first-order chi connectivity index (χ1) is 16.5. The van der Waals surface area contributed by atoms with E-state index in [9.17, 15) is 4.79 Å². The highest BCUT2D eigenvalue weighted by molar-refractivity contribution is 5.84. The van der Waals surface area contributed by atoms with Gasteiger partial charge in [0.15, 0.2) is 0 Å². The number of nitrogens with one attached hydrogen (secondary N) is 1. The Morgan fingerprint density at radius 1 is 1.15 bits per heavy atom. The van der Waals surface area contributed by atoms with Crippen molar-refractivity contribution >= 4 is 10.9 Å². The van der Waals surface area contributed by atoms with Crippen molar-refractivity contribution in [3.05, 3.63) is 93.9 Å². The van der Waals surface area contributed by atoms with Crippen molar-refractivity contribution in [2.24, 2.45) is 13.0 Å². The summed E-state index contributed by atoms with van der Waals surface area (Å²) >= 11 is 0. The van der Waals surface area contributed by atoms with Crippen LogP contribution in [0, 0.1) is 5.92 Å². The summed E-state index contributed by atoms with van der Waals surface area (Å²) in [6.45, 7) is 5.62. The SMILES string of the molecule is CN(Cc1ccccc1)CC1CCN(CCc2c[nH]c3ccc(Cc4coc(=O)n4C)cc23)C1. The number of oxazole rings is 1. The number of nitrogens with zero attached hydrogens (tertiary/aromatic N) is 3. The summed E-state index contributed by atoms with van der Waals surface area (Å²) in [5.74, 6) is 0.429. The van der Waals surface area contributed by atoms with Crippen LogP contribution in [0.1, 0.15) is 28.8 Å². The molecule has 0 radical (unpaired) electrons. The molecule has 0 spiro atoms. The Morgan fingerprint density at radius 3 is 2.79 bits per heavy atom. The first-order valence-electron chi connectivity index (χ1n) is 12.2. The molecule has 2 aromatic carbocycles. The Balaban J connectivity index is 1.16. The van der Waals surface area contributed by atoms with Crippen molar-refractivity contribution in [3.63, 3.8) is 0 Å². The first-order valence-corrected chi connectivity index (χ1v) is 12.2. The van der Waals surface area contributed by atoms with E-state index < -0.39 is 0 Å². The van der Waals surface area contributed by atoms with Crippen LogP contribution in [-0.2, 0) is 26.4 Å². The zero-order valence-electron chi connectivity index (χ0n) is 20.2. The summed E-state index contributed by atoms with van der Waals surface area (Å²) in [7, 11) is 3.99. The highest BCUT2D eigenvalue weighted by atomic mass is 16.4. The second kappa shape index (κ2) is 10.0. The quantitative estimate of drug-likeness (QED) is 0.411. The number of fused-ring (bicyclic) bond motifs is 1. The second-order valence-electron chi connectivity index (χ2n) is 9.81. The molecule has 5 rings (SSSR count). The molecule has 0 aliphatic carbocycles. The van der Waals surface area contributed by atoms with Gasteiger partial charge in [0.05, 0.1) is 5.69 Å². The summed E-state index contributed by atoms with van der Waals surface area (Å²) in [5, 5.41) is 1.28. The molecule has 6 nitrogen and oxygen atoms in total. The molecule has 1 aliphatic heterocycles. The molecule has 3 heterocycles. The molecule has 6 heteroatoms. The molecule has 1 fully saturated rings. The lowest BCUT2D eigenvalue weighted by atomic mass is 10.0. The van der Waals surface area contributed by atoms with Crippen molar-refractivity contribution in [3.8, 4) is 0 Å². The third-order valence-electron chi connectivity index (χ3n) is 7.15. The third kappa shape index (κ3) is 5.18. The van der Waals surface area contributed by atoms with E-state index in [1.165, 1.54) is 47.1 Å². The summed E-state index contributed by atoms with van der Waals surface area (Å²) in [5.41, 5.74) is 5.99. The van der Waals surface area contributed by atoms with Gasteiger partial charge in [-0.3, -0.25) is 4.57 Å². The van der Waals surface area contributed by atoms with Crippen molar-refractivity contribution in [1.29, 1.82) is 0 Å². The highest BCUT2D eigenvalue weighted by Crippen LogP contribution is 2.24. The number of aromatic amines is 1. The molecule has 0 amide bonds. The summed E-state index contributed by atoms with van der Waals surface area (Å²) in [6.07, 6.45) is 6.72. The Hall–Kier alpha value is -3.09. The molecule has 1 unspecified atom stereocenters. The van der Waals surface area contributed by atoms with Gasteiger partial charge in [-0.1, -0.05) is 36.4 Å². The molecule has 0 saturated carbocycles. The van der Waals surface area contributed by atoms with Gasteiger partial charge < -0.3 is 19.2 Å². The monoisotopic (exact) mass is 458 g/mol. The number of rotatable bonds is 9. The van der Waals surface area contributed by atoms with E-state index in [0.29, 0.717) is 6.42 Å². The van der Waals surface area contributed by atoms with Gasteiger partial charge in [0, 0.05) is 56.7 Å². The minimum Gasteiger partial charge on any atom is -0.416 e. The fraction of sp³-hybridized carbons (Fsp3) is 0.393. The van der Waals surface area contributed by atoms with Crippen LogP contribution in [0.3, 0.4) is 0 Å². The lowest BCUT2D eigenvalue weighted by Gasteiger charge is -2.21. The van der Waals surface area contributed by atoms with Crippen molar-refractivity contribution in [2.75, 3.05) is 33.2 Å². The van der Waals surface area contributed by atoms with Crippen LogP contribution in [0.4, 0.5) is 0 Å². The smallest absolute Gasteiger partial charge is 0.416 e. The van der Waals surface area contributed by atoms with Gasteiger partial charge in [0.2, 0.25) is 0 Å². The minimum atomic E-state index is -0.311. The summed E-state index contributed by atoms with van der Waals surface area (Å²) < 4.78 is 6.59. The van der Waals surface area contributed by atoms with E-state index in [1.807, 2.05) is 0 Å². The predicted octanol–water partition coefficient (Wildman–Crippen LogP) is 4.05. The largest absolute Gasteiger partial charge is 0.418 e.